The summed E-state index contributed by atoms with van der Waals surface area (Å²) in [6, 6.07) is 15.5. The summed E-state index contributed by atoms with van der Waals surface area (Å²) in [4.78, 5) is 20.1. The van der Waals surface area contributed by atoms with E-state index in [1.165, 1.54) is 11.8 Å². The number of ether oxygens (including phenoxy) is 2. The number of nitrogens with zero attached hydrogens (tertiary/aromatic N) is 2. The van der Waals surface area contributed by atoms with Crippen molar-refractivity contribution in [2.45, 2.75) is 33.3 Å². The number of aliphatic imine (C=N–C) groups is 1. The van der Waals surface area contributed by atoms with Crippen LogP contribution in [-0.2, 0) is 9.53 Å². The summed E-state index contributed by atoms with van der Waals surface area (Å²) in [6.07, 6.45) is 2.97. The molecule has 0 aliphatic carbocycles. The van der Waals surface area contributed by atoms with Crippen molar-refractivity contribution < 1.29 is 14.3 Å². The average Bonchev–Trinajstić information content (AvgIpc) is 3.05. The van der Waals surface area contributed by atoms with Gasteiger partial charge < -0.3 is 9.47 Å². The van der Waals surface area contributed by atoms with Crippen LogP contribution in [-0.4, -0.2) is 41.8 Å². The van der Waals surface area contributed by atoms with E-state index in [0.717, 1.165) is 27.9 Å². The smallest absolute Gasteiger partial charge is 0.266 e. The molecule has 0 radical (unpaired) electrons. The van der Waals surface area contributed by atoms with Gasteiger partial charge in [-0.25, -0.2) is 4.99 Å². The Labute approximate surface area is 196 Å². The van der Waals surface area contributed by atoms with Crippen molar-refractivity contribution in [3.63, 3.8) is 0 Å². The van der Waals surface area contributed by atoms with E-state index in [9.17, 15) is 4.79 Å². The fourth-order valence-electron chi connectivity index (χ4n) is 2.86. The van der Waals surface area contributed by atoms with Gasteiger partial charge in [0.15, 0.2) is 5.17 Å². The van der Waals surface area contributed by atoms with E-state index >= 15 is 0 Å². The van der Waals surface area contributed by atoms with Gasteiger partial charge in [0.05, 0.1) is 34.3 Å². The molecule has 1 atom stereocenters. The number of carbonyl (C=O) groups is 1. The van der Waals surface area contributed by atoms with Crippen LogP contribution in [0, 0.1) is 0 Å². The van der Waals surface area contributed by atoms with Gasteiger partial charge in [-0.15, -0.1) is 0 Å². The Kier molecular flexibility index (Phi) is 8.75. The Morgan fingerprint density at radius 1 is 1.19 bits per heavy atom. The van der Waals surface area contributed by atoms with Crippen LogP contribution in [0.15, 0.2) is 62.9 Å². The highest BCUT2D eigenvalue weighted by Crippen LogP contribution is 2.35. The second-order valence-corrected chi connectivity index (χ2v) is 8.88. The first-order valence-corrected chi connectivity index (χ1v) is 12.0. The lowest BCUT2D eigenvalue weighted by Crippen LogP contribution is -2.32. The molecule has 0 unspecified atom stereocenters. The average molecular weight is 503 g/mol. The van der Waals surface area contributed by atoms with E-state index in [1.807, 2.05) is 68.5 Å². The number of hydrogen-bond acceptors (Lipinski definition) is 5. The summed E-state index contributed by atoms with van der Waals surface area (Å²) in [7, 11) is 0. The first-order chi connectivity index (χ1) is 15.0. The minimum atomic E-state index is -0.0598. The summed E-state index contributed by atoms with van der Waals surface area (Å²) >= 11 is 4.97. The third kappa shape index (κ3) is 6.45. The summed E-state index contributed by atoms with van der Waals surface area (Å²) in [5.74, 6) is 0.738. The van der Waals surface area contributed by atoms with E-state index in [1.54, 1.807) is 4.90 Å². The van der Waals surface area contributed by atoms with Crippen LogP contribution < -0.4 is 4.74 Å². The van der Waals surface area contributed by atoms with Crippen molar-refractivity contribution in [1.29, 1.82) is 0 Å². The summed E-state index contributed by atoms with van der Waals surface area (Å²) in [6.45, 7) is 7.62. The van der Waals surface area contributed by atoms with Crippen molar-refractivity contribution in [2.75, 3.05) is 19.8 Å². The topological polar surface area (TPSA) is 51.1 Å². The predicted molar refractivity (Wildman–Crippen MR) is 132 cm³/mol. The number of halogens is 1. The van der Waals surface area contributed by atoms with Gasteiger partial charge in [-0.2, -0.15) is 0 Å². The molecule has 1 aliphatic rings. The molecule has 2 aromatic rings. The highest BCUT2D eigenvalue weighted by Gasteiger charge is 2.33. The molecule has 1 fully saturated rings. The maximum Gasteiger partial charge on any atom is 0.266 e. The molecule has 0 bridgehead atoms. The van der Waals surface area contributed by atoms with Crippen LogP contribution >= 0.6 is 27.7 Å². The van der Waals surface area contributed by atoms with E-state index in [4.69, 9.17) is 14.5 Å². The van der Waals surface area contributed by atoms with Gasteiger partial charge in [0, 0.05) is 6.61 Å². The largest absolute Gasteiger partial charge is 0.490 e. The normalized spacial score (nSPS) is 17.5. The first kappa shape index (κ1) is 23.6. The first-order valence-electron chi connectivity index (χ1n) is 10.4. The minimum absolute atomic E-state index is 0.0598. The lowest BCUT2D eigenvalue weighted by molar-refractivity contribution is -0.122. The van der Waals surface area contributed by atoms with Crippen molar-refractivity contribution >= 4 is 50.5 Å². The molecule has 5 nitrogen and oxygen atoms in total. The second-order valence-electron chi connectivity index (χ2n) is 7.02. The Hall–Kier alpha value is -2.09. The Morgan fingerprint density at radius 3 is 2.65 bits per heavy atom. The zero-order valence-electron chi connectivity index (χ0n) is 18.0. The zero-order valence-corrected chi connectivity index (χ0v) is 20.4. The molecular weight excluding hydrogens is 476 g/mol. The molecule has 0 spiro atoms. The summed E-state index contributed by atoms with van der Waals surface area (Å²) in [5.41, 5.74) is 1.74. The van der Waals surface area contributed by atoms with Gasteiger partial charge in [0.1, 0.15) is 5.75 Å². The maximum atomic E-state index is 13.1. The summed E-state index contributed by atoms with van der Waals surface area (Å²) < 4.78 is 12.2. The van der Waals surface area contributed by atoms with E-state index in [2.05, 4.69) is 22.9 Å². The predicted octanol–water partition coefficient (Wildman–Crippen LogP) is 6.27. The monoisotopic (exact) mass is 502 g/mol. The molecule has 3 rings (SSSR count). The molecule has 2 aromatic carbocycles. The van der Waals surface area contributed by atoms with Crippen molar-refractivity contribution in [1.82, 2.24) is 4.90 Å². The number of amides is 1. The number of benzene rings is 2. The molecule has 0 aromatic heterocycles. The highest BCUT2D eigenvalue weighted by atomic mass is 79.9. The SMILES string of the molecule is CCOCCN1C(=O)/C(=C/c2ccc(O[C@H](C)CC)c(Br)c2)SC1=Nc1ccccc1. The molecule has 164 valence electrons. The third-order valence-electron chi connectivity index (χ3n) is 4.69. The molecule has 1 aliphatic heterocycles. The van der Waals surface area contributed by atoms with E-state index in [0.29, 0.717) is 29.8 Å². The van der Waals surface area contributed by atoms with Crippen LogP contribution in [0.4, 0.5) is 5.69 Å². The fraction of sp³-hybridized carbons (Fsp3) is 0.333. The second kappa shape index (κ2) is 11.5. The van der Waals surface area contributed by atoms with Crippen LogP contribution in [0.1, 0.15) is 32.8 Å². The molecule has 1 saturated heterocycles. The van der Waals surface area contributed by atoms with Crippen LogP contribution in [0.2, 0.25) is 0 Å². The van der Waals surface area contributed by atoms with Crippen molar-refractivity contribution in [3.05, 3.63) is 63.5 Å². The number of thioether (sulfide) groups is 1. The lowest BCUT2D eigenvalue weighted by atomic mass is 10.2. The highest BCUT2D eigenvalue weighted by molar-refractivity contribution is 9.10. The maximum absolute atomic E-state index is 13.1. The lowest BCUT2D eigenvalue weighted by Gasteiger charge is -2.15. The van der Waals surface area contributed by atoms with Gasteiger partial charge in [0.25, 0.3) is 5.91 Å². The molecule has 0 N–H and O–H groups in total. The Morgan fingerprint density at radius 2 is 1.97 bits per heavy atom. The van der Waals surface area contributed by atoms with E-state index < -0.39 is 0 Å². The third-order valence-corrected chi connectivity index (χ3v) is 6.32. The van der Waals surface area contributed by atoms with E-state index in [-0.39, 0.29) is 12.0 Å². The van der Waals surface area contributed by atoms with Crippen molar-refractivity contribution in [2.24, 2.45) is 4.99 Å². The standard InChI is InChI=1S/C24H27BrN2O3S/c1-4-17(3)30-21-12-11-18(15-20(21)25)16-22-23(28)27(13-14-29-5-2)24(31-22)26-19-9-7-6-8-10-19/h6-12,15-17H,4-5,13-14H2,1-3H3/b22-16-,26-24?/t17-/m1/s1. The van der Waals surface area contributed by atoms with Gasteiger partial charge in [0.2, 0.25) is 0 Å². The Balaban J connectivity index is 1.85. The number of hydrogen-bond donors (Lipinski definition) is 0. The number of para-hydroxylation sites is 1. The number of amidine groups is 1. The Bertz CT molecular complexity index is 963. The number of rotatable bonds is 9. The summed E-state index contributed by atoms with van der Waals surface area (Å²) in [5, 5.41) is 0.665. The molecule has 1 amide bonds. The van der Waals surface area contributed by atoms with Crippen LogP contribution in [0.3, 0.4) is 0 Å². The van der Waals surface area contributed by atoms with Gasteiger partial charge in [-0.1, -0.05) is 31.2 Å². The minimum Gasteiger partial charge on any atom is -0.490 e. The zero-order chi connectivity index (χ0) is 22.2. The van der Waals surface area contributed by atoms with Crippen LogP contribution in [0.25, 0.3) is 6.08 Å². The molecule has 1 heterocycles. The van der Waals surface area contributed by atoms with Gasteiger partial charge >= 0.3 is 0 Å². The van der Waals surface area contributed by atoms with Crippen molar-refractivity contribution in [3.8, 4) is 5.75 Å². The quantitative estimate of drug-likeness (QED) is 0.299. The van der Waals surface area contributed by atoms with Gasteiger partial charge in [-0.3, -0.25) is 9.69 Å². The van der Waals surface area contributed by atoms with Gasteiger partial charge in [-0.05, 0) is 83.9 Å². The molecule has 0 saturated carbocycles. The van der Waals surface area contributed by atoms with Crippen LogP contribution in [0.5, 0.6) is 5.75 Å². The number of carbonyl (C=O) groups excluding carboxylic acids is 1. The molecular formula is C24H27BrN2O3S. The fourth-order valence-corrected chi connectivity index (χ4v) is 4.37. The molecule has 7 heteroatoms. The molecule has 31 heavy (non-hydrogen) atoms.